The van der Waals surface area contributed by atoms with Gasteiger partial charge in [0.2, 0.25) is 12.3 Å². The Hall–Kier alpha value is -3.59. The third kappa shape index (κ3) is 13.1. The smallest absolute Gasteiger partial charge is 0.308 e. The zero-order chi connectivity index (χ0) is 28.7. The van der Waals surface area contributed by atoms with E-state index in [1.54, 1.807) is 37.3 Å². The molecule has 2 N–H and O–H groups in total. The van der Waals surface area contributed by atoms with Gasteiger partial charge in [0.25, 0.3) is 0 Å². The molecule has 0 radical (unpaired) electrons. The highest BCUT2D eigenvalue weighted by atomic mass is 32.1. The van der Waals surface area contributed by atoms with E-state index in [1.165, 1.54) is 30.4 Å². The molecule has 0 spiro atoms. The van der Waals surface area contributed by atoms with Crippen molar-refractivity contribution in [2.24, 2.45) is 5.92 Å². The van der Waals surface area contributed by atoms with Crippen LogP contribution in [0.2, 0.25) is 0 Å². The van der Waals surface area contributed by atoms with E-state index in [9.17, 15) is 18.8 Å². The van der Waals surface area contributed by atoms with E-state index in [1.807, 2.05) is 33.9 Å². The van der Waals surface area contributed by atoms with Crippen LogP contribution in [0.3, 0.4) is 0 Å². The lowest BCUT2D eigenvalue weighted by Crippen LogP contribution is -2.48. The Morgan fingerprint density at radius 2 is 1.68 bits per heavy atom. The van der Waals surface area contributed by atoms with Crippen molar-refractivity contribution < 1.29 is 23.5 Å². The maximum atomic E-state index is 12.6. The van der Waals surface area contributed by atoms with E-state index in [0.717, 1.165) is 21.9 Å². The van der Waals surface area contributed by atoms with Crippen molar-refractivity contribution in [3.05, 3.63) is 76.7 Å². The molecule has 1 aromatic heterocycles. The van der Waals surface area contributed by atoms with Crippen molar-refractivity contribution in [1.82, 2.24) is 15.6 Å². The van der Waals surface area contributed by atoms with Gasteiger partial charge in [-0.25, -0.2) is 9.37 Å². The van der Waals surface area contributed by atoms with Crippen LogP contribution < -0.4 is 10.6 Å². The standard InChI is InChI=1S/C14H20N2O2.C10H8FNS.C5H10O2/c1-11-4-6-12(7-5-11)8-14(2,3)16-13(18)9-15-10-17;1-7-12-6-10(13-7)8-2-4-9(11)5-3-8;1-4(2)5(6)7-3/h4-7,10H,8-9H2,1-3H3,(H,15,17)(H,16,18);2-6H,1H3;4H,1-3H3. The Kier molecular flexibility index (Phi) is 13.9. The van der Waals surface area contributed by atoms with Crippen LogP contribution in [-0.4, -0.2) is 42.5 Å². The minimum absolute atomic E-state index is 0.00463. The number of carbonyl (C=O) groups is 3. The average molecular weight is 544 g/mol. The molecule has 0 fully saturated rings. The molecule has 7 nitrogen and oxygen atoms in total. The number of carbonyl (C=O) groups excluding carboxylic acids is 3. The molecule has 0 aliphatic rings. The molecule has 2 amide bonds. The summed E-state index contributed by atoms with van der Waals surface area (Å²) in [6.07, 6.45) is 3.08. The van der Waals surface area contributed by atoms with Crippen molar-refractivity contribution in [2.45, 2.75) is 53.5 Å². The molecule has 3 rings (SSSR count). The van der Waals surface area contributed by atoms with Gasteiger partial charge >= 0.3 is 5.97 Å². The quantitative estimate of drug-likeness (QED) is 0.299. The molecule has 0 bridgehead atoms. The van der Waals surface area contributed by atoms with Gasteiger partial charge in [0.05, 0.1) is 29.5 Å². The Morgan fingerprint density at radius 3 is 2.13 bits per heavy atom. The molecule has 0 aliphatic heterocycles. The van der Waals surface area contributed by atoms with Crippen LogP contribution in [0.5, 0.6) is 0 Å². The first-order chi connectivity index (χ1) is 17.9. The maximum Gasteiger partial charge on any atom is 0.308 e. The van der Waals surface area contributed by atoms with Crippen molar-refractivity contribution in [2.75, 3.05) is 13.7 Å². The van der Waals surface area contributed by atoms with Crippen LogP contribution in [0.4, 0.5) is 4.39 Å². The highest BCUT2D eigenvalue weighted by molar-refractivity contribution is 7.15. The van der Waals surface area contributed by atoms with Gasteiger partial charge in [-0.3, -0.25) is 14.4 Å². The summed E-state index contributed by atoms with van der Waals surface area (Å²) in [5, 5.41) is 6.27. The molecule has 0 aliphatic carbocycles. The second kappa shape index (κ2) is 16.3. The number of benzene rings is 2. The third-order valence-electron chi connectivity index (χ3n) is 5.01. The number of amides is 2. The third-order valence-corrected chi connectivity index (χ3v) is 5.97. The first kappa shape index (κ1) is 32.4. The molecule has 206 valence electrons. The molecule has 0 unspecified atom stereocenters. The summed E-state index contributed by atoms with van der Waals surface area (Å²) in [7, 11) is 1.39. The van der Waals surface area contributed by atoms with Gasteiger partial charge < -0.3 is 15.4 Å². The number of aryl methyl sites for hydroxylation is 2. The summed E-state index contributed by atoms with van der Waals surface area (Å²) in [5.41, 5.74) is 3.08. The van der Waals surface area contributed by atoms with Crippen LogP contribution in [0.15, 0.2) is 54.7 Å². The zero-order valence-electron chi connectivity index (χ0n) is 23.1. The maximum absolute atomic E-state index is 12.6. The molecular weight excluding hydrogens is 505 g/mol. The number of hydrogen-bond acceptors (Lipinski definition) is 6. The van der Waals surface area contributed by atoms with Crippen molar-refractivity contribution in [1.29, 1.82) is 0 Å². The molecule has 1 heterocycles. The normalized spacial score (nSPS) is 10.3. The molecule has 9 heteroatoms. The van der Waals surface area contributed by atoms with E-state index < -0.39 is 0 Å². The molecular formula is C29H38FN3O4S. The van der Waals surface area contributed by atoms with Gasteiger partial charge in [0.1, 0.15) is 5.82 Å². The van der Waals surface area contributed by atoms with E-state index in [-0.39, 0.29) is 35.7 Å². The van der Waals surface area contributed by atoms with E-state index in [4.69, 9.17) is 0 Å². The van der Waals surface area contributed by atoms with Gasteiger partial charge in [-0.1, -0.05) is 55.8 Å². The fraction of sp³-hybridized carbons (Fsp3) is 0.379. The number of nitrogens with zero attached hydrogens (tertiary/aromatic N) is 1. The highest BCUT2D eigenvalue weighted by Gasteiger charge is 2.20. The lowest BCUT2D eigenvalue weighted by atomic mass is 9.94. The van der Waals surface area contributed by atoms with Gasteiger partial charge in [0, 0.05) is 11.7 Å². The summed E-state index contributed by atoms with van der Waals surface area (Å²) in [5.74, 6) is -0.533. The highest BCUT2D eigenvalue weighted by Crippen LogP contribution is 2.25. The van der Waals surface area contributed by atoms with E-state index in [2.05, 4.69) is 44.6 Å². The minimum Gasteiger partial charge on any atom is -0.469 e. The topological polar surface area (TPSA) is 97.4 Å². The monoisotopic (exact) mass is 543 g/mol. The molecule has 38 heavy (non-hydrogen) atoms. The van der Waals surface area contributed by atoms with Gasteiger partial charge in [-0.15, -0.1) is 11.3 Å². The zero-order valence-corrected chi connectivity index (χ0v) is 23.9. The van der Waals surface area contributed by atoms with Crippen molar-refractivity contribution in [3.63, 3.8) is 0 Å². The summed E-state index contributed by atoms with van der Waals surface area (Å²) >= 11 is 1.61. The molecule has 0 saturated carbocycles. The Labute approximate surface area is 228 Å². The Bertz CT molecular complexity index is 1140. The second-order valence-electron chi connectivity index (χ2n) is 9.52. The minimum atomic E-state index is -0.336. The number of aromatic nitrogens is 1. The lowest BCUT2D eigenvalue weighted by Gasteiger charge is -2.26. The van der Waals surface area contributed by atoms with Crippen LogP contribution in [0.1, 0.15) is 43.8 Å². The van der Waals surface area contributed by atoms with Crippen LogP contribution >= 0.6 is 11.3 Å². The molecule has 3 aromatic rings. The number of nitrogens with one attached hydrogen (secondary N) is 2. The van der Waals surface area contributed by atoms with Gasteiger partial charge in [0.15, 0.2) is 0 Å². The number of halogens is 1. The van der Waals surface area contributed by atoms with E-state index in [0.29, 0.717) is 6.41 Å². The van der Waals surface area contributed by atoms with Gasteiger partial charge in [-0.05, 0) is 57.4 Å². The number of ether oxygens (including phenoxy) is 1. The predicted octanol–water partition coefficient (Wildman–Crippen LogP) is 5.25. The lowest BCUT2D eigenvalue weighted by molar-refractivity contribution is -0.144. The van der Waals surface area contributed by atoms with Crippen LogP contribution in [-0.2, 0) is 25.5 Å². The number of thiazole rings is 1. The number of rotatable bonds is 8. The summed E-state index contributed by atoms with van der Waals surface area (Å²) in [6.45, 7) is 11.5. The summed E-state index contributed by atoms with van der Waals surface area (Å²) < 4.78 is 17.0. The first-order valence-electron chi connectivity index (χ1n) is 12.2. The average Bonchev–Trinajstić information content (AvgIpc) is 3.30. The number of methoxy groups -OCH3 is 1. The van der Waals surface area contributed by atoms with Crippen LogP contribution in [0, 0.1) is 25.6 Å². The Morgan fingerprint density at radius 1 is 1.08 bits per heavy atom. The first-order valence-corrected chi connectivity index (χ1v) is 13.0. The molecule has 0 atom stereocenters. The van der Waals surface area contributed by atoms with Crippen molar-refractivity contribution >= 4 is 29.6 Å². The second-order valence-corrected chi connectivity index (χ2v) is 10.8. The Balaban J connectivity index is 0.000000314. The fourth-order valence-corrected chi connectivity index (χ4v) is 3.94. The number of hydrogen-bond donors (Lipinski definition) is 2. The number of esters is 1. The fourth-order valence-electron chi connectivity index (χ4n) is 3.16. The summed E-state index contributed by atoms with van der Waals surface area (Å²) in [4.78, 5) is 37.1. The largest absolute Gasteiger partial charge is 0.469 e. The van der Waals surface area contributed by atoms with Gasteiger partial charge in [-0.2, -0.15) is 0 Å². The predicted molar refractivity (Wildman–Crippen MR) is 150 cm³/mol. The van der Waals surface area contributed by atoms with E-state index >= 15 is 0 Å². The molecule has 0 saturated heterocycles. The van der Waals surface area contributed by atoms with Crippen molar-refractivity contribution in [3.8, 4) is 10.4 Å². The molecule has 2 aromatic carbocycles. The summed E-state index contributed by atoms with van der Waals surface area (Å²) in [6, 6.07) is 14.7. The van der Waals surface area contributed by atoms with Crippen LogP contribution in [0.25, 0.3) is 10.4 Å². The SMILES string of the molecule is COC(=O)C(C)C.Cc1ccc(CC(C)(C)NC(=O)CNC=O)cc1.Cc1ncc(-c2ccc(F)cc2)s1.